The van der Waals surface area contributed by atoms with Gasteiger partial charge in [-0.3, -0.25) is 4.79 Å². The first-order valence-electron chi connectivity index (χ1n) is 13.9. The Morgan fingerprint density at radius 2 is 1.51 bits per heavy atom. The molecular weight excluding hydrogens is 527 g/mol. The number of nitrogens with one attached hydrogen (secondary N) is 1. The fourth-order valence-corrected chi connectivity index (χ4v) is 6.05. The third kappa shape index (κ3) is 9.11. The van der Waals surface area contributed by atoms with Gasteiger partial charge in [0, 0.05) is 13.3 Å². The van der Waals surface area contributed by atoms with E-state index in [2.05, 4.69) is 85.2 Å². The summed E-state index contributed by atoms with van der Waals surface area (Å²) in [5.41, 5.74) is 1.92. The van der Waals surface area contributed by atoms with Gasteiger partial charge in [0.1, 0.15) is 18.2 Å². The van der Waals surface area contributed by atoms with Crippen molar-refractivity contribution in [3.8, 4) is 0 Å². The first-order chi connectivity index (χ1) is 17.8. The minimum atomic E-state index is -2.04. The lowest BCUT2D eigenvalue weighted by molar-refractivity contribution is -0.144. The first kappa shape index (κ1) is 33.4. The molecule has 0 aromatic heterocycles. The molecule has 1 N–H and O–H groups in total. The van der Waals surface area contributed by atoms with E-state index in [-0.39, 0.29) is 34.3 Å². The molecule has 1 aromatic carbocycles. The number of ether oxygens (including phenoxy) is 2. The van der Waals surface area contributed by atoms with Crippen LogP contribution < -0.4 is 5.32 Å². The zero-order chi connectivity index (χ0) is 29.8. The third-order valence-corrected chi connectivity index (χ3v) is 17.4. The Labute approximate surface area is 238 Å². The van der Waals surface area contributed by atoms with Crippen molar-refractivity contribution in [1.29, 1.82) is 0 Å². The van der Waals surface area contributed by atoms with Crippen LogP contribution in [-0.2, 0) is 34.3 Å². The van der Waals surface area contributed by atoms with Crippen molar-refractivity contribution in [3.63, 3.8) is 0 Å². The van der Waals surface area contributed by atoms with Gasteiger partial charge in [-0.05, 0) is 47.4 Å². The van der Waals surface area contributed by atoms with E-state index >= 15 is 0 Å². The Morgan fingerprint density at radius 1 is 0.949 bits per heavy atom. The third-order valence-electron chi connectivity index (χ3n) is 8.43. The van der Waals surface area contributed by atoms with Crippen molar-refractivity contribution in [3.05, 3.63) is 47.5 Å². The van der Waals surface area contributed by atoms with Crippen LogP contribution in [0.5, 0.6) is 0 Å². The highest BCUT2D eigenvalue weighted by atomic mass is 28.4. The number of hydrogen-bond acceptors (Lipinski definition) is 6. The molecule has 1 aliphatic heterocycles. The van der Waals surface area contributed by atoms with Crippen molar-refractivity contribution in [2.24, 2.45) is 0 Å². The largest absolute Gasteiger partial charge is 0.467 e. The van der Waals surface area contributed by atoms with Gasteiger partial charge in [0.15, 0.2) is 16.6 Å². The quantitative estimate of drug-likeness (QED) is 0.199. The van der Waals surface area contributed by atoms with Crippen molar-refractivity contribution in [1.82, 2.24) is 5.32 Å². The molecule has 0 aliphatic carbocycles. The molecule has 1 aromatic rings. The molecule has 0 saturated carbocycles. The molecule has 0 fully saturated rings. The fourth-order valence-electron chi connectivity index (χ4n) is 3.77. The van der Waals surface area contributed by atoms with Gasteiger partial charge in [0.25, 0.3) is 0 Å². The number of esters is 1. The minimum Gasteiger partial charge on any atom is -0.467 e. The molecule has 0 bridgehead atoms. The molecule has 9 heteroatoms. The highest BCUT2D eigenvalue weighted by Crippen LogP contribution is 2.41. The molecule has 39 heavy (non-hydrogen) atoms. The van der Waals surface area contributed by atoms with Crippen molar-refractivity contribution in [2.75, 3.05) is 13.7 Å². The second-order valence-corrected chi connectivity index (χ2v) is 23.2. The molecule has 4 atom stereocenters. The lowest BCUT2D eigenvalue weighted by atomic mass is 9.99. The number of carbonyl (C=O) groups excluding carboxylic acids is 2. The molecule has 0 spiro atoms. The van der Waals surface area contributed by atoms with Crippen molar-refractivity contribution in [2.45, 2.75) is 116 Å². The summed E-state index contributed by atoms with van der Waals surface area (Å²) in [5.74, 6) is -0.742. The van der Waals surface area contributed by atoms with E-state index in [0.717, 1.165) is 11.1 Å². The van der Waals surface area contributed by atoms with Gasteiger partial charge < -0.3 is 23.6 Å². The number of amides is 1. The standard InChI is InChI=1S/C30H51NO6Si2/c1-21(32)31-24(28(33)34-8)19-22-13-15-23(16-14-22)25-17-18-26(37-39(11,12)30(5,6)7)27(36-25)20-35-38(9,10)29(2,3)4/h13-18,24-27H,19-20H2,1-12H3,(H,31,32)/t24-,25-,26-,27+/m0/s1. The minimum absolute atomic E-state index is 0.0810. The Bertz CT molecular complexity index is 1010. The Morgan fingerprint density at radius 3 is 2.00 bits per heavy atom. The van der Waals surface area contributed by atoms with Crippen LogP contribution in [0.1, 0.15) is 65.7 Å². The molecule has 0 radical (unpaired) electrons. The Kier molecular flexibility index (Phi) is 11.0. The van der Waals surface area contributed by atoms with Gasteiger partial charge in [-0.15, -0.1) is 0 Å². The van der Waals surface area contributed by atoms with Crippen LogP contribution in [0.4, 0.5) is 0 Å². The second kappa shape index (κ2) is 12.8. The van der Waals surface area contributed by atoms with E-state index in [1.807, 2.05) is 24.3 Å². The monoisotopic (exact) mass is 577 g/mol. The number of benzene rings is 1. The predicted octanol–water partition coefficient (Wildman–Crippen LogP) is 6.32. The molecule has 2 rings (SSSR count). The summed E-state index contributed by atoms with van der Waals surface area (Å²) in [6.07, 6.45) is 3.92. The fraction of sp³-hybridized carbons (Fsp3) is 0.667. The number of hydrogen-bond donors (Lipinski definition) is 1. The zero-order valence-electron chi connectivity index (χ0n) is 26.1. The lowest BCUT2D eigenvalue weighted by Crippen LogP contribution is -2.51. The summed E-state index contributed by atoms with van der Waals surface area (Å²) in [5, 5.41) is 2.84. The lowest BCUT2D eigenvalue weighted by Gasteiger charge is -2.43. The highest BCUT2D eigenvalue weighted by molar-refractivity contribution is 6.74. The smallest absolute Gasteiger partial charge is 0.328 e. The second-order valence-electron chi connectivity index (χ2n) is 13.6. The summed E-state index contributed by atoms with van der Waals surface area (Å²) < 4.78 is 24.9. The molecule has 7 nitrogen and oxygen atoms in total. The maximum atomic E-state index is 12.1. The summed E-state index contributed by atoms with van der Waals surface area (Å²) in [4.78, 5) is 23.6. The average Bonchev–Trinajstić information content (AvgIpc) is 2.81. The molecule has 1 heterocycles. The summed E-state index contributed by atoms with van der Waals surface area (Å²) >= 11 is 0. The SMILES string of the molecule is COC(=O)[C@H](Cc1ccc([C@@H]2C=C[C@H](O[Si](C)(C)C(C)(C)C)[C@@H](CO[Si](C)(C)C(C)(C)C)O2)cc1)NC(C)=O. The van der Waals surface area contributed by atoms with Gasteiger partial charge in [0.05, 0.1) is 19.8 Å². The van der Waals surface area contributed by atoms with Gasteiger partial charge in [-0.25, -0.2) is 4.79 Å². The van der Waals surface area contributed by atoms with Crippen LogP contribution in [-0.4, -0.2) is 60.5 Å². The Balaban J connectivity index is 2.26. The van der Waals surface area contributed by atoms with Crippen molar-refractivity contribution < 1.29 is 27.9 Å². The van der Waals surface area contributed by atoms with Crippen LogP contribution >= 0.6 is 0 Å². The van der Waals surface area contributed by atoms with Crippen LogP contribution in [0.3, 0.4) is 0 Å². The van der Waals surface area contributed by atoms with Gasteiger partial charge >= 0.3 is 5.97 Å². The van der Waals surface area contributed by atoms with Gasteiger partial charge in [-0.2, -0.15) is 0 Å². The van der Waals surface area contributed by atoms with Crippen LogP contribution in [0.25, 0.3) is 0 Å². The molecule has 220 valence electrons. The van der Waals surface area contributed by atoms with E-state index in [0.29, 0.717) is 13.0 Å². The van der Waals surface area contributed by atoms with Crippen molar-refractivity contribution >= 4 is 28.5 Å². The van der Waals surface area contributed by atoms with Crippen LogP contribution in [0.2, 0.25) is 36.3 Å². The molecule has 1 amide bonds. The van der Waals surface area contributed by atoms with E-state index < -0.39 is 28.6 Å². The molecule has 1 aliphatic rings. The predicted molar refractivity (Wildman–Crippen MR) is 162 cm³/mol. The molecular formula is C30H51NO6Si2. The topological polar surface area (TPSA) is 83.1 Å². The summed E-state index contributed by atoms with van der Waals surface area (Å²) in [7, 11) is -2.70. The number of carbonyl (C=O) groups is 2. The van der Waals surface area contributed by atoms with Gasteiger partial charge in [0.2, 0.25) is 5.91 Å². The van der Waals surface area contributed by atoms with E-state index in [4.69, 9.17) is 18.3 Å². The average molecular weight is 578 g/mol. The maximum absolute atomic E-state index is 12.1. The molecule has 0 unspecified atom stereocenters. The van der Waals surface area contributed by atoms with E-state index in [1.54, 1.807) is 0 Å². The zero-order valence-corrected chi connectivity index (χ0v) is 28.1. The summed E-state index contributed by atoms with van der Waals surface area (Å²) in [6, 6.07) is 7.21. The number of methoxy groups -OCH3 is 1. The van der Waals surface area contributed by atoms with Crippen LogP contribution in [0.15, 0.2) is 36.4 Å². The van der Waals surface area contributed by atoms with Gasteiger partial charge in [-0.1, -0.05) is 78.0 Å². The maximum Gasteiger partial charge on any atom is 0.328 e. The number of rotatable bonds is 10. The van der Waals surface area contributed by atoms with Crippen LogP contribution in [0, 0.1) is 0 Å². The van der Waals surface area contributed by atoms with E-state index in [9.17, 15) is 9.59 Å². The van der Waals surface area contributed by atoms with E-state index in [1.165, 1.54) is 14.0 Å². The summed E-state index contributed by atoms with van der Waals surface area (Å²) in [6.45, 7) is 24.4. The highest BCUT2D eigenvalue weighted by Gasteiger charge is 2.43. The Hall–Kier alpha value is -1.79. The normalized spacial score (nSPS) is 21.4. The molecule has 0 saturated heterocycles. The first-order valence-corrected chi connectivity index (χ1v) is 19.7.